The Bertz CT molecular complexity index is 262. The highest BCUT2D eigenvalue weighted by Crippen LogP contribution is 2.55. The molecule has 3 heteroatoms. The molecule has 0 amide bonds. The number of ether oxygens (including phenoxy) is 2. The normalized spacial score (nSPS) is 32.9. The Balaban J connectivity index is 2.73. The van der Waals surface area contributed by atoms with Crippen LogP contribution >= 0.6 is 0 Å². The molecule has 1 rings (SSSR count). The molecule has 0 radical (unpaired) electrons. The van der Waals surface area contributed by atoms with Crippen LogP contribution in [0, 0.1) is 5.92 Å². The van der Waals surface area contributed by atoms with Gasteiger partial charge in [0.05, 0.1) is 7.11 Å². The zero-order valence-electron chi connectivity index (χ0n) is 11.1. The topological polar surface area (TPSA) is 38.8 Å². The number of hydrogen-bond acceptors (Lipinski definition) is 3. The Hall–Kier alpha value is -0.570. The molecule has 0 aromatic carbocycles. The minimum absolute atomic E-state index is 0.209. The maximum atomic E-state index is 11.9. The number of esters is 1. The predicted octanol–water partition coefficient (Wildman–Crippen LogP) is 2.92. The summed E-state index contributed by atoms with van der Waals surface area (Å²) in [5.74, 6) is 0.224. The van der Waals surface area contributed by atoms with Gasteiger partial charge in [-0.25, -0.2) is 4.79 Å². The lowest BCUT2D eigenvalue weighted by Crippen LogP contribution is -2.35. The van der Waals surface area contributed by atoms with E-state index in [1.807, 2.05) is 6.92 Å². The lowest BCUT2D eigenvalue weighted by Gasteiger charge is -2.16. The van der Waals surface area contributed by atoms with Crippen molar-refractivity contribution in [3.8, 4) is 0 Å². The molecule has 1 aliphatic heterocycles. The molecule has 2 unspecified atom stereocenters. The van der Waals surface area contributed by atoms with Gasteiger partial charge >= 0.3 is 5.97 Å². The Morgan fingerprint density at radius 2 is 2.06 bits per heavy atom. The lowest BCUT2D eigenvalue weighted by molar-refractivity contribution is -0.147. The molecule has 0 spiro atoms. The highest BCUT2D eigenvalue weighted by atomic mass is 16.7. The van der Waals surface area contributed by atoms with Gasteiger partial charge < -0.3 is 9.47 Å². The smallest absolute Gasteiger partial charge is 0.341 e. The summed E-state index contributed by atoms with van der Waals surface area (Å²) in [6.45, 7) is 8.38. The fourth-order valence-corrected chi connectivity index (χ4v) is 2.46. The molecule has 2 atom stereocenters. The van der Waals surface area contributed by atoms with Gasteiger partial charge in [-0.2, -0.15) is 0 Å². The number of carbonyl (C=O) groups excluding carboxylic acids is 1. The molecular formula is C13H24O3. The van der Waals surface area contributed by atoms with Crippen LogP contribution in [0.2, 0.25) is 0 Å². The van der Waals surface area contributed by atoms with Gasteiger partial charge in [-0.3, -0.25) is 0 Å². The van der Waals surface area contributed by atoms with Crippen LogP contribution in [0.1, 0.15) is 53.4 Å². The summed E-state index contributed by atoms with van der Waals surface area (Å²) in [4.78, 5) is 11.9. The molecule has 1 heterocycles. The van der Waals surface area contributed by atoms with E-state index in [0.29, 0.717) is 5.92 Å². The average Bonchev–Trinajstić information content (AvgIpc) is 2.80. The second-order valence-electron chi connectivity index (χ2n) is 5.35. The molecule has 0 N–H and O–H groups in total. The Labute approximate surface area is 98.5 Å². The molecule has 1 saturated heterocycles. The molecule has 16 heavy (non-hydrogen) atoms. The number of unbranched alkanes of at least 4 members (excludes halogenated alkanes) is 1. The third kappa shape index (κ3) is 2.24. The van der Waals surface area contributed by atoms with Crippen LogP contribution in [-0.2, 0) is 14.3 Å². The van der Waals surface area contributed by atoms with Crippen molar-refractivity contribution < 1.29 is 14.3 Å². The summed E-state index contributed by atoms with van der Waals surface area (Å²) >= 11 is 0. The summed E-state index contributed by atoms with van der Waals surface area (Å²) in [5.41, 5.74) is -0.981. The molecule has 3 nitrogen and oxygen atoms in total. The zero-order valence-corrected chi connectivity index (χ0v) is 11.1. The molecule has 1 fully saturated rings. The van der Waals surface area contributed by atoms with Crippen molar-refractivity contribution in [3.05, 3.63) is 0 Å². The van der Waals surface area contributed by atoms with Gasteiger partial charge in [-0.1, -0.05) is 33.6 Å². The first-order valence-corrected chi connectivity index (χ1v) is 6.20. The number of carbonyl (C=O) groups is 1. The molecule has 0 saturated carbocycles. The first-order valence-electron chi connectivity index (χ1n) is 6.20. The molecule has 0 aromatic rings. The molecule has 0 bridgehead atoms. The van der Waals surface area contributed by atoms with Gasteiger partial charge in [0.2, 0.25) is 0 Å². The minimum atomic E-state index is -0.676. The van der Waals surface area contributed by atoms with E-state index in [2.05, 4.69) is 20.8 Å². The standard InChI is InChI=1S/C13H24O3/c1-6-7-8-12(4)13(16-12,9-10(2)3)11(14)15-5/h10H,6-9H2,1-5H3. The van der Waals surface area contributed by atoms with Crippen LogP contribution in [0.3, 0.4) is 0 Å². The summed E-state index contributed by atoms with van der Waals surface area (Å²) in [5, 5.41) is 0. The van der Waals surface area contributed by atoms with Crippen molar-refractivity contribution in [1.29, 1.82) is 0 Å². The van der Waals surface area contributed by atoms with E-state index < -0.39 is 5.60 Å². The Kier molecular flexibility index (Phi) is 4.00. The van der Waals surface area contributed by atoms with Gasteiger partial charge in [-0.05, 0) is 25.7 Å². The van der Waals surface area contributed by atoms with Crippen LogP contribution in [0.4, 0.5) is 0 Å². The van der Waals surface area contributed by atoms with Gasteiger partial charge in [-0.15, -0.1) is 0 Å². The number of epoxide rings is 1. The first kappa shape index (κ1) is 13.5. The van der Waals surface area contributed by atoms with Crippen molar-refractivity contribution in [3.63, 3.8) is 0 Å². The summed E-state index contributed by atoms with van der Waals surface area (Å²) in [6.07, 6.45) is 3.90. The quantitative estimate of drug-likeness (QED) is 0.518. The second-order valence-corrected chi connectivity index (χ2v) is 5.35. The van der Waals surface area contributed by atoms with Gasteiger partial charge in [0.1, 0.15) is 5.60 Å². The van der Waals surface area contributed by atoms with E-state index in [-0.39, 0.29) is 11.6 Å². The fourth-order valence-electron chi connectivity index (χ4n) is 2.46. The SMILES string of the molecule is CCCCC1(C)OC1(CC(C)C)C(=O)OC. The van der Waals surface area contributed by atoms with Crippen LogP contribution < -0.4 is 0 Å². The van der Waals surface area contributed by atoms with E-state index in [9.17, 15) is 4.79 Å². The maximum absolute atomic E-state index is 11.9. The van der Waals surface area contributed by atoms with Crippen molar-refractivity contribution >= 4 is 5.97 Å². The van der Waals surface area contributed by atoms with Crippen molar-refractivity contribution in [2.24, 2.45) is 5.92 Å². The van der Waals surface area contributed by atoms with Crippen LogP contribution in [-0.4, -0.2) is 24.3 Å². The predicted molar refractivity (Wildman–Crippen MR) is 63.2 cm³/mol. The first-order chi connectivity index (χ1) is 7.42. The maximum Gasteiger partial charge on any atom is 0.341 e. The molecule has 0 aliphatic carbocycles. The highest BCUT2D eigenvalue weighted by molar-refractivity contribution is 5.84. The fraction of sp³-hybridized carbons (Fsp3) is 0.923. The molecule has 94 valence electrons. The van der Waals surface area contributed by atoms with Crippen LogP contribution in [0.15, 0.2) is 0 Å². The van der Waals surface area contributed by atoms with Crippen molar-refractivity contribution in [2.75, 3.05) is 7.11 Å². The van der Waals surface area contributed by atoms with Gasteiger partial charge in [0, 0.05) is 0 Å². The van der Waals surface area contributed by atoms with E-state index >= 15 is 0 Å². The number of rotatable bonds is 6. The molecule has 1 aliphatic rings. The minimum Gasteiger partial charge on any atom is -0.467 e. The Morgan fingerprint density at radius 3 is 2.50 bits per heavy atom. The van der Waals surface area contributed by atoms with E-state index in [0.717, 1.165) is 25.7 Å². The third-order valence-electron chi connectivity index (χ3n) is 3.43. The largest absolute Gasteiger partial charge is 0.467 e. The van der Waals surface area contributed by atoms with Crippen LogP contribution in [0.5, 0.6) is 0 Å². The zero-order chi connectivity index (χ0) is 12.4. The van der Waals surface area contributed by atoms with Gasteiger partial charge in [0.15, 0.2) is 5.60 Å². The van der Waals surface area contributed by atoms with Crippen molar-refractivity contribution in [2.45, 2.75) is 64.6 Å². The summed E-state index contributed by atoms with van der Waals surface area (Å²) in [6, 6.07) is 0. The summed E-state index contributed by atoms with van der Waals surface area (Å²) < 4.78 is 10.7. The van der Waals surface area contributed by atoms with E-state index in [1.165, 1.54) is 7.11 Å². The average molecular weight is 228 g/mol. The van der Waals surface area contributed by atoms with Crippen LogP contribution in [0.25, 0.3) is 0 Å². The molecule has 0 aromatic heterocycles. The second kappa shape index (κ2) is 4.74. The lowest BCUT2D eigenvalue weighted by atomic mass is 9.84. The third-order valence-corrected chi connectivity index (χ3v) is 3.43. The highest BCUT2D eigenvalue weighted by Gasteiger charge is 2.71. The Morgan fingerprint density at radius 1 is 1.44 bits per heavy atom. The van der Waals surface area contributed by atoms with E-state index in [4.69, 9.17) is 9.47 Å². The monoisotopic (exact) mass is 228 g/mol. The number of methoxy groups -OCH3 is 1. The van der Waals surface area contributed by atoms with Gasteiger partial charge in [0.25, 0.3) is 0 Å². The molecular weight excluding hydrogens is 204 g/mol. The van der Waals surface area contributed by atoms with Crippen molar-refractivity contribution in [1.82, 2.24) is 0 Å². The van der Waals surface area contributed by atoms with E-state index in [1.54, 1.807) is 0 Å². The summed E-state index contributed by atoms with van der Waals surface area (Å²) in [7, 11) is 1.44. The number of hydrogen-bond donors (Lipinski definition) is 0.